The maximum atomic E-state index is 10.1. The Kier molecular flexibility index (Phi) is 16.3. The van der Waals surface area contributed by atoms with Crippen molar-refractivity contribution in [1.82, 2.24) is 0 Å². The standard InChI is InChI=1S/2FH2O3P.F.Sn/c2*1-5(2,3)4;;/h2*(H2,2,3,4);;/q;;;+4/p-4. The van der Waals surface area contributed by atoms with E-state index in [-0.39, 0.29) is 28.6 Å². The van der Waals surface area contributed by atoms with Crippen molar-refractivity contribution in [2.75, 3.05) is 0 Å². The molecule has 0 aromatic rings. The zero-order chi connectivity index (χ0) is 9.00. The minimum absolute atomic E-state index is 0. The van der Waals surface area contributed by atoms with Crippen LogP contribution in [0.3, 0.4) is 0 Å². The molecule has 0 heterocycles. The SMILES string of the molecule is O=P([O-])([O-])F.O=P([O-])([O-])F.[F].[Sn+4]. The molecular formula is F3O6P2Sn. The Morgan fingerprint density at radius 1 is 0.833 bits per heavy atom. The molecule has 0 unspecified atom stereocenters. The third kappa shape index (κ3) is 1350. The van der Waals surface area contributed by atoms with Crippen molar-refractivity contribution >= 4 is 39.7 Å². The van der Waals surface area contributed by atoms with Gasteiger partial charge < -0.3 is 28.7 Å². The smallest absolute Gasteiger partial charge is 0.786 e. The Hall–Kier alpha value is 0.889. The molecule has 0 rings (SSSR count). The summed E-state index contributed by atoms with van der Waals surface area (Å²) in [4.78, 5) is 33.8. The van der Waals surface area contributed by atoms with Gasteiger partial charge >= 0.3 is 23.9 Å². The summed E-state index contributed by atoms with van der Waals surface area (Å²) >= 11 is 0. The number of hydrogen-bond acceptors (Lipinski definition) is 6. The third-order valence-electron chi connectivity index (χ3n) is 0. The molecule has 6 nitrogen and oxygen atoms in total. The van der Waals surface area contributed by atoms with E-state index in [9.17, 15) is 8.39 Å². The predicted molar refractivity (Wildman–Crippen MR) is 24.3 cm³/mol. The summed E-state index contributed by atoms with van der Waals surface area (Å²) in [6.45, 7) is 0. The largest absolute Gasteiger partial charge is 4.00 e. The van der Waals surface area contributed by atoms with Crippen LogP contribution in [0.2, 0.25) is 0 Å². The van der Waals surface area contributed by atoms with Crippen LogP contribution in [0.15, 0.2) is 0 Å². The molecule has 0 amide bonds. The number of rotatable bonds is 0. The molecule has 71 valence electrons. The molecule has 0 fully saturated rings. The molecular weight excluding hydrogens is 334 g/mol. The van der Waals surface area contributed by atoms with Gasteiger partial charge in [0.2, 0.25) is 0 Å². The Balaban J connectivity index is -0.0000000457. The van der Waals surface area contributed by atoms with Crippen LogP contribution in [0.1, 0.15) is 0 Å². The molecule has 0 spiro atoms. The van der Waals surface area contributed by atoms with Crippen molar-refractivity contribution < 1.29 is 41.8 Å². The first-order valence-corrected chi connectivity index (χ1v) is 4.30. The average Bonchev–Trinajstić information content (AvgIpc) is 1.12. The Labute approximate surface area is 81.9 Å². The van der Waals surface area contributed by atoms with Gasteiger partial charge in [-0.05, 0) is 0 Å². The van der Waals surface area contributed by atoms with Gasteiger partial charge in [0.1, 0.15) is 15.8 Å². The zero-order valence-electron chi connectivity index (χ0n) is 4.98. The molecule has 0 saturated carbocycles. The van der Waals surface area contributed by atoms with Crippen molar-refractivity contribution in [2.45, 2.75) is 0 Å². The molecule has 0 saturated heterocycles. The molecule has 1 radical (unpaired) electrons. The fourth-order valence-corrected chi connectivity index (χ4v) is 0. The van der Waals surface area contributed by atoms with E-state index in [1.807, 2.05) is 0 Å². The summed E-state index contributed by atoms with van der Waals surface area (Å²) in [7, 11) is -11.3. The average molecular weight is 334 g/mol. The van der Waals surface area contributed by atoms with E-state index in [4.69, 9.17) is 28.7 Å². The summed E-state index contributed by atoms with van der Waals surface area (Å²) in [6, 6.07) is 0. The molecule has 0 bridgehead atoms. The van der Waals surface area contributed by atoms with Gasteiger partial charge in [0.15, 0.2) is 0 Å². The van der Waals surface area contributed by atoms with Crippen molar-refractivity contribution in [3.8, 4) is 0 Å². The van der Waals surface area contributed by atoms with Gasteiger partial charge in [-0.2, -0.15) is 0 Å². The molecule has 0 N–H and O–H groups in total. The molecule has 0 aliphatic heterocycles. The Bertz CT molecular complexity index is 133. The minimum Gasteiger partial charge on any atom is -0.786 e. The number of hydrogen-bond donors (Lipinski definition) is 0. The fraction of sp³-hybridized carbons (Fsp3) is 0. The van der Waals surface area contributed by atoms with Crippen LogP contribution in [-0.2, 0) is 9.13 Å². The van der Waals surface area contributed by atoms with Crippen LogP contribution >= 0.6 is 15.8 Å². The van der Waals surface area contributed by atoms with Gasteiger partial charge in [0.25, 0.3) is 0 Å². The first-order chi connectivity index (χ1) is 4.00. The summed E-state index contributed by atoms with van der Waals surface area (Å²) < 4.78 is 37.1. The van der Waals surface area contributed by atoms with Crippen molar-refractivity contribution in [2.24, 2.45) is 0 Å². The van der Waals surface area contributed by atoms with Crippen molar-refractivity contribution in [1.29, 1.82) is 0 Å². The van der Waals surface area contributed by atoms with E-state index in [0.717, 1.165) is 0 Å². The minimum atomic E-state index is -5.64. The molecule has 12 heavy (non-hydrogen) atoms. The monoisotopic (exact) mass is 335 g/mol. The van der Waals surface area contributed by atoms with Crippen LogP contribution in [-0.4, -0.2) is 23.9 Å². The topological polar surface area (TPSA) is 126 Å². The van der Waals surface area contributed by atoms with E-state index in [1.165, 1.54) is 0 Å². The third-order valence-corrected chi connectivity index (χ3v) is 0. The number of halogens is 3. The Morgan fingerprint density at radius 2 is 0.833 bits per heavy atom. The van der Waals surface area contributed by atoms with Gasteiger partial charge in [-0.3, -0.25) is 0 Å². The van der Waals surface area contributed by atoms with Gasteiger partial charge in [-0.1, -0.05) is 0 Å². The van der Waals surface area contributed by atoms with E-state index in [0.29, 0.717) is 0 Å². The second kappa shape index (κ2) is 8.49. The van der Waals surface area contributed by atoms with Crippen molar-refractivity contribution in [3.63, 3.8) is 0 Å². The van der Waals surface area contributed by atoms with Crippen LogP contribution in [0.5, 0.6) is 0 Å². The second-order valence-corrected chi connectivity index (χ2v) is 2.58. The second-order valence-electron chi connectivity index (χ2n) is 0.861. The molecule has 0 atom stereocenters. The summed E-state index contributed by atoms with van der Waals surface area (Å²) in [6.07, 6.45) is 0. The van der Waals surface area contributed by atoms with Gasteiger partial charge in [0.05, 0.1) is 0 Å². The van der Waals surface area contributed by atoms with Crippen LogP contribution < -0.4 is 19.6 Å². The van der Waals surface area contributed by atoms with E-state index >= 15 is 0 Å². The molecule has 0 aliphatic rings. The van der Waals surface area contributed by atoms with Crippen LogP contribution in [0, 0.1) is 0 Å². The van der Waals surface area contributed by atoms with Crippen LogP contribution in [0.4, 0.5) is 13.1 Å². The van der Waals surface area contributed by atoms with E-state index in [1.54, 1.807) is 0 Å². The molecule has 0 aromatic carbocycles. The summed E-state index contributed by atoms with van der Waals surface area (Å²) in [5, 5.41) is 0. The summed E-state index contributed by atoms with van der Waals surface area (Å²) in [5.41, 5.74) is 0. The quantitative estimate of drug-likeness (QED) is 0.359. The maximum Gasteiger partial charge on any atom is 4.00 e. The first-order valence-electron chi connectivity index (χ1n) is 1.43. The van der Waals surface area contributed by atoms with Crippen LogP contribution in [0.25, 0.3) is 0 Å². The fourth-order valence-electron chi connectivity index (χ4n) is 0. The van der Waals surface area contributed by atoms with Gasteiger partial charge in [-0.15, -0.1) is 0 Å². The Morgan fingerprint density at radius 3 is 0.833 bits per heavy atom. The predicted octanol–water partition coefficient (Wildman–Crippen LogP) is -2.39. The van der Waals surface area contributed by atoms with Gasteiger partial charge in [-0.25, -0.2) is 8.39 Å². The van der Waals surface area contributed by atoms with E-state index in [2.05, 4.69) is 0 Å². The maximum absolute atomic E-state index is 10.1. The molecule has 12 heteroatoms. The normalized spacial score (nSPS) is 9.83. The molecule has 0 aromatic heterocycles. The van der Waals surface area contributed by atoms with Gasteiger partial charge in [0, 0.05) is 4.70 Å². The van der Waals surface area contributed by atoms with Crippen molar-refractivity contribution in [3.05, 3.63) is 0 Å². The van der Waals surface area contributed by atoms with E-state index < -0.39 is 15.8 Å². The zero-order valence-corrected chi connectivity index (χ0v) is 9.62. The summed E-state index contributed by atoms with van der Waals surface area (Å²) in [5.74, 6) is 0. The first kappa shape index (κ1) is 23.1. The molecule has 0 aliphatic carbocycles.